The first-order valence-electron chi connectivity index (χ1n) is 7.41. The highest BCUT2D eigenvalue weighted by Crippen LogP contribution is 2.26. The molecular weight excluding hydrogens is 247 g/mol. The predicted octanol–water partition coefficient (Wildman–Crippen LogP) is 5.57. The van der Waals surface area contributed by atoms with Crippen molar-refractivity contribution in [2.45, 2.75) is 46.0 Å². The van der Waals surface area contributed by atoms with Crippen LogP contribution in [0.15, 0.2) is 42.5 Å². The zero-order chi connectivity index (χ0) is 14.5. The summed E-state index contributed by atoms with van der Waals surface area (Å²) in [6.45, 7) is 6.49. The van der Waals surface area contributed by atoms with Gasteiger partial charge in [-0.3, -0.25) is 0 Å². The van der Waals surface area contributed by atoms with Crippen LogP contribution in [-0.4, -0.2) is 0 Å². The van der Waals surface area contributed by atoms with Crippen LogP contribution in [0.3, 0.4) is 0 Å². The summed E-state index contributed by atoms with van der Waals surface area (Å²) in [5.74, 6) is 0.317. The monoisotopic (exact) mass is 270 g/mol. The first kappa shape index (κ1) is 14.8. The molecule has 0 aromatic heterocycles. The quantitative estimate of drug-likeness (QED) is 0.666. The lowest BCUT2D eigenvalue weighted by molar-refractivity contribution is 0.601. The zero-order valence-corrected chi connectivity index (χ0v) is 12.6. The largest absolute Gasteiger partial charge is 0.207 e. The van der Waals surface area contributed by atoms with E-state index in [-0.39, 0.29) is 5.82 Å². The fourth-order valence-electron chi connectivity index (χ4n) is 2.94. The molecule has 0 spiro atoms. The third-order valence-electron chi connectivity index (χ3n) is 3.74. The van der Waals surface area contributed by atoms with Crippen LogP contribution in [0.1, 0.15) is 47.9 Å². The second-order valence-corrected chi connectivity index (χ2v) is 5.74. The van der Waals surface area contributed by atoms with Crippen molar-refractivity contribution in [1.82, 2.24) is 0 Å². The second kappa shape index (κ2) is 6.69. The average molecular weight is 270 g/mol. The molecule has 106 valence electrons. The normalized spacial score (nSPS) is 12.4. The summed E-state index contributed by atoms with van der Waals surface area (Å²) in [4.78, 5) is 0. The third-order valence-corrected chi connectivity index (χ3v) is 3.74. The van der Waals surface area contributed by atoms with Gasteiger partial charge in [-0.15, -0.1) is 0 Å². The van der Waals surface area contributed by atoms with E-state index in [9.17, 15) is 4.39 Å². The van der Waals surface area contributed by atoms with Gasteiger partial charge in [0, 0.05) is 0 Å². The van der Waals surface area contributed by atoms with E-state index in [1.807, 2.05) is 12.1 Å². The number of rotatable bonds is 5. The summed E-state index contributed by atoms with van der Waals surface area (Å²) in [7, 11) is 0. The summed E-state index contributed by atoms with van der Waals surface area (Å²) in [6, 6.07) is 13.7. The minimum atomic E-state index is -0.157. The van der Waals surface area contributed by atoms with Gasteiger partial charge >= 0.3 is 0 Å². The third kappa shape index (κ3) is 3.93. The average Bonchev–Trinajstić information content (AvgIpc) is 2.38. The summed E-state index contributed by atoms with van der Waals surface area (Å²) in [5.41, 5.74) is 5.25. The van der Waals surface area contributed by atoms with E-state index in [0.717, 1.165) is 19.3 Å². The minimum Gasteiger partial charge on any atom is -0.207 e. The van der Waals surface area contributed by atoms with E-state index in [1.54, 1.807) is 12.1 Å². The Morgan fingerprint density at radius 2 is 1.55 bits per heavy atom. The fraction of sp³-hybridized carbons (Fsp3) is 0.368. The van der Waals surface area contributed by atoms with Gasteiger partial charge in [0.25, 0.3) is 0 Å². The number of hydrogen-bond donors (Lipinski definition) is 0. The molecular formula is C19H23F. The SMILES string of the molecule is CCCC(Cc1cc(C)cc(C)c1)c1ccc(F)cc1. The van der Waals surface area contributed by atoms with Gasteiger partial charge in [0.1, 0.15) is 5.82 Å². The van der Waals surface area contributed by atoms with Gasteiger partial charge < -0.3 is 0 Å². The summed E-state index contributed by atoms with van der Waals surface area (Å²) < 4.78 is 13.1. The molecule has 0 bridgehead atoms. The first-order chi connectivity index (χ1) is 9.58. The van der Waals surface area contributed by atoms with Gasteiger partial charge in [-0.05, 0) is 55.9 Å². The Labute approximate surface area is 121 Å². The Bertz CT molecular complexity index is 534. The molecule has 0 N–H and O–H groups in total. The molecule has 1 unspecified atom stereocenters. The molecule has 0 fully saturated rings. The Balaban J connectivity index is 2.22. The van der Waals surface area contributed by atoms with Crippen molar-refractivity contribution in [2.24, 2.45) is 0 Å². The smallest absolute Gasteiger partial charge is 0.123 e. The molecule has 2 aromatic rings. The van der Waals surface area contributed by atoms with E-state index >= 15 is 0 Å². The predicted molar refractivity (Wildman–Crippen MR) is 83.7 cm³/mol. The van der Waals surface area contributed by atoms with Crippen LogP contribution in [0.4, 0.5) is 4.39 Å². The highest BCUT2D eigenvalue weighted by Gasteiger charge is 2.12. The van der Waals surface area contributed by atoms with Crippen molar-refractivity contribution < 1.29 is 4.39 Å². The van der Waals surface area contributed by atoms with Gasteiger partial charge in [-0.1, -0.05) is 54.8 Å². The topological polar surface area (TPSA) is 0 Å². The number of benzene rings is 2. The maximum absolute atomic E-state index is 13.1. The standard InChI is InChI=1S/C19H23F/c1-4-5-18(17-6-8-19(20)9-7-17)13-16-11-14(2)10-15(3)12-16/h6-12,18H,4-5,13H2,1-3H3. The van der Waals surface area contributed by atoms with Crippen molar-refractivity contribution >= 4 is 0 Å². The molecule has 0 saturated carbocycles. The molecule has 20 heavy (non-hydrogen) atoms. The minimum absolute atomic E-state index is 0.157. The Hall–Kier alpha value is -1.63. The Morgan fingerprint density at radius 1 is 0.950 bits per heavy atom. The second-order valence-electron chi connectivity index (χ2n) is 5.74. The zero-order valence-electron chi connectivity index (χ0n) is 12.6. The van der Waals surface area contributed by atoms with E-state index in [2.05, 4.69) is 39.0 Å². The highest BCUT2D eigenvalue weighted by atomic mass is 19.1. The summed E-state index contributed by atoms with van der Waals surface area (Å²) in [5, 5.41) is 0. The Kier molecular flexibility index (Phi) is 4.94. The summed E-state index contributed by atoms with van der Waals surface area (Å²) in [6.07, 6.45) is 3.31. The van der Waals surface area contributed by atoms with Crippen LogP contribution in [0, 0.1) is 19.7 Å². The van der Waals surface area contributed by atoms with Crippen molar-refractivity contribution in [1.29, 1.82) is 0 Å². The molecule has 0 aliphatic carbocycles. The van der Waals surface area contributed by atoms with Gasteiger partial charge in [0.05, 0.1) is 0 Å². The van der Waals surface area contributed by atoms with Gasteiger partial charge in [-0.25, -0.2) is 4.39 Å². The highest BCUT2D eigenvalue weighted by molar-refractivity contribution is 5.31. The van der Waals surface area contributed by atoms with E-state index in [0.29, 0.717) is 5.92 Å². The Morgan fingerprint density at radius 3 is 2.10 bits per heavy atom. The lowest BCUT2D eigenvalue weighted by Crippen LogP contribution is -2.03. The lowest BCUT2D eigenvalue weighted by Gasteiger charge is -2.17. The first-order valence-corrected chi connectivity index (χ1v) is 7.41. The van der Waals surface area contributed by atoms with Crippen LogP contribution in [0.5, 0.6) is 0 Å². The van der Waals surface area contributed by atoms with Crippen LogP contribution in [-0.2, 0) is 6.42 Å². The van der Waals surface area contributed by atoms with Crippen molar-refractivity contribution in [3.63, 3.8) is 0 Å². The molecule has 0 aliphatic heterocycles. The molecule has 1 heteroatoms. The molecule has 0 saturated heterocycles. The maximum atomic E-state index is 13.1. The molecule has 0 aliphatic rings. The van der Waals surface area contributed by atoms with E-state index in [1.165, 1.54) is 22.3 Å². The van der Waals surface area contributed by atoms with Crippen LogP contribution >= 0.6 is 0 Å². The van der Waals surface area contributed by atoms with Gasteiger partial charge in [0.15, 0.2) is 0 Å². The molecule has 0 heterocycles. The molecule has 0 nitrogen and oxygen atoms in total. The molecule has 2 aromatic carbocycles. The number of aryl methyl sites for hydroxylation is 2. The van der Waals surface area contributed by atoms with E-state index in [4.69, 9.17) is 0 Å². The maximum Gasteiger partial charge on any atom is 0.123 e. The summed E-state index contributed by atoms with van der Waals surface area (Å²) >= 11 is 0. The van der Waals surface area contributed by atoms with Crippen LogP contribution < -0.4 is 0 Å². The number of hydrogen-bond acceptors (Lipinski definition) is 0. The van der Waals surface area contributed by atoms with Crippen molar-refractivity contribution in [3.05, 3.63) is 70.5 Å². The molecule has 0 radical (unpaired) electrons. The van der Waals surface area contributed by atoms with E-state index < -0.39 is 0 Å². The van der Waals surface area contributed by atoms with Gasteiger partial charge in [-0.2, -0.15) is 0 Å². The van der Waals surface area contributed by atoms with Crippen LogP contribution in [0.25, 0.3) is 0 Å². The molecule has 0 amide bonds. The lowest BCUT2D eigenvalue weighted by atomic mass is 9.87. The fourth-order valence-corrected chi connectivity index (χ4v) is 2.94. The van der Waals surface area contributed by atoms with Gasteiger partial charge in [0.2, 0.25) is 0 Å². The van der Waals surface area contributed by atoms with Crippen molar-refractivity contribution in [2.75, 3.05) is 0 Å². The van der Waals surface area contributed by atoms with Crippen LogP contribution in [0.2, 0.25) is 0 Å². The molecule has 1 atom stereocenters. The number of halogens is 1. The van der Waals surface area contributed by atoms with Crippen molar-refractivity contribution in [3.8, 4) is 0 Å². The molecule has 2 rings (SSSR count).